The van der Waals surface area contributed by atoms with Crippen LogP contribution in [0.3, 0.4) is 0 Å². The van der Waals surface area contributed by atoms with Crippen LogP contribution in [0.5, 0.6) is 0 Å². The van der Waals surface area contributed by atoms with E-state index in [9.17, 15) is 0 Å². The molecule has 2 N–H and O–H groups in total. The lowest BCUT2D eigenvalue weighted by Crippen LogP contribution is -2.29. The fourth-order valence-electron chi connectivity index (χ4n) is 3.65. The summed E-state index contributed by atoms with van der Waals surface area (Å²) in [5.74, 6) is 1.13. The lowest BCUT2D eigenvalue weighted by molar-refractivity contribution is 0.578. The highest BCUT2D eigenvalue weighted by molar-refractivity contribution is 5.62. The highest BCUT2D eigenvalue weighted by Crippen LogP contribution is 2.23. The van der Waals surface area contributed by atoms with Crippen LogP contribution in [-0.4, -0.2) is 28.3 Å². The molecular formula is C22H26N6. The van der Waals surface area contributed by atoms with Gasteiger partial charge in [-0.15, -0.1) is 5.10 Å². The van der Waals surface area contributed by atoms with Crippen molar-refractivity contribution in [2.24, 2.45) is 0 Å². The molecule has 0 amide bonds. The molecule has 2 aromatic carbocycles. The number of aryl methyl sites for hydroxylation is 2. The quantitative estimate of drug-likeness (QED) is 0.657. The van der Waals surface area contributed by atoms with Crippen LogP contribution in [0.1, 0.15) is 30.4 Å². The molecule has 0 spiro atoms. The SMILES string of the molecule is Cc1cc(C)cc(Nc2nncc(Nc3ccc(N4CCCCC4)cc3)n2)c1. The largest absolute Gasteiger partial charge is 0.372 e. The summed E-state index contributed by atoms with van der Waals surface area (Å²) in [6.45, 7) is 6.44. The molecular weight excluding hydrogens is 348 g/mol. The summed E-state index contributed by atoms with van der Waals surface area (Å²) in [5.41, 5.74) is 5.61. The highest BCUT2D eigenvalue weighted by Gasteiger charge is 2.10. The van der Waals surface area contributed by atoms with Gasteiger partial charge in [0.25, 0.3) is 0 Å². The predicted octanol–water partition coefficient (Wildman–Crippen LogP) is 4.97. The van der Waals surface area contributed by atoms with E-state index in [1.807, 2.05) is 0 Å². The van der Waals surface area contributed by atoms with Crippen molar-refractivity contribution in [1.29, 1.82) is 0 Å². The molecule has 28 heavy (non-hydrogen) atoms. The molecule has 1 aromatic heterocycles. The minimum Gasteiger partial charge on any atom is -0.372 e. The summed E-state index contributed by atoms with van der Waals surface area (Å²) in [7, 11) is 0. The molecule has 0 aliphatic carbocycles. The predicted molar refractivity (Wildman–Crippen MR) is 115 cm³/mol. The standard InChI is InChI=1S/C22H26N6/c1-16-12-17(2)14-19(13-16)25-22-26-21(15-23-27-22)24-18-6-8-20(9-7-18)28-10-4-3-5-11-28/h6-9,12-15H,3-5,10-11H2,1-2H3,(H2,24,25,26,27). The van der Waals surface area contributed by atoms with E-state index in [2.05, 4.69) is 87.0 Å². The number of nitrogens with one attached hydrogen (secondary N) is 2. The van der Waals surface area contributed by atoms with E-state index in [1.165, 1.54) is 36.1 Å². The summed E-state index contributed by atoms with van der Waals surface area (Å²) in [6, 6.07) is 14.8. The monoisotopic (exact) mass is 374 g/mol. The molecule has 0 unspecified atom stereocenters. The first-order chi connectivity index (χ1) is 13.7. The molecule has 0 atom stereocenters. The van der Waals surface area contributed by atoms with Gasteiger partial charge in [0.05, 0.1) is 6.20 Å². The van der Waals surface area contributed by atoms with E-state index in [1.54, 1.807) is 6.20 Å². The summed E-state index contributed by atoms with van der Waals surface area (Å²) in [4.78, 5) is 6.98. The first-order valence-corrected chi connectivity index (χ1v) is 9.83. The van der Waals surface area contributed by atoms with Gasteiger partial charge in [0.1, 0.15) is 0 Å². The second kappa shape index (κ2) is 8.25. The van der Waals surface area contributed by atoms with Gasteiger partial charge in [0.15, 0.2) is 5.82 Å². The number of aromatic nitrogens is 3. The Bertz CT molecular complexity index is 912. The molecule has 0 saturated carbocycles. The van der Waals surface area contributed by atoms with E-state index >= 15 is 0 Å². The Morgan fingerprint density at radius 2 is 1.54 bits per heavy atom. The van der Waals surface area contributed by atoms with Crippen LogP contribution in [0, 0.1) is 13.8 Å². The van der Waals surface area contributed by atoms with E-state index < -0.39 is 0 Å². The van der Waals surface area contributed by atoms with Gasteiger partial charge in [-0.25, -0.2) is 0 Å². The van der Waals surface area contributed by atoms with Crippen molar-refractivity contribution in [3.63, 3.8) is 0 Å². The lowest BCUT2D eigenvalue weighted by Gasteiger charge is -2.28. The normalized spacial score (nSPS) is 14.0. The van der Waals surface area contributed by atoms with Gasteiger partial charge in [-0.05, 0) is 80.6 Å². The molecule has 6 nitrogen and oxygen atoms in total. The third-order valence-electron chi connectivity index (χ3n) is 4.90. The fourth-order valence-corrected chi connectivity index (χ4v) is 3.65. The molecule has 2 heterocycles. The zero-order valence-electron chi connectivity index (χ0n) is 16.4. The van der Waals surface area contributed by atoms with Crippen LogP contribution < -0.4 is 15.5 Å². The minimum absolute atomic E-state index is 0.472. The third kappa shape index (κ3) is 4.57. The van der Waals surface area contributed by atoms with Crippen LogP contribution in [0.15, 0.2) is 48.7 Å². The molecule has 1 aliphatic heterocycles. The van der Waals surface area contributed by atoms with Gasteiger partial charge >= 0.3 is 0 Å². The van der Waals surface area contributed by atoms with E-state index in [4.69, 9.17) is 0 Å². The molecule has 144 valence electrons. The second-order valence-corrected chi connectivity index (χ2v) is 7.39. The van der Waals surface area contributed by atoms with Crippen LogP contribution >= 0.6 is 0 Å². The van der Waals surface area contributed by atoms with Crippen molar-refractivity contribution in [1.82, 2.24) is 15.2 Å². The first-order valence-electron chi connectivity index (χ1n) is 9.83. The molecule has 0 radical (unpaired) electrons. The van der Waals surface area contributed by atoms with Crippen molar-refractivity contribution >= 4 is 28.8 Å². The van der Waals surface area contributed by atoms with Gasteiger partial charge in [0.2, 0.25) is 5.95 Å². The number of anilines is 5. The number of hydrogen-bond acceptors (Lipinski definition) is 6. The van der Waals surface area contributed by atoms with Crippen molar-refractivity contribution < 1.29 is 0 Å². The average Bonchev–Trinajstić information content (AvgIpc) is 2.69. The summed E-state index contributed by atoms with van der Waals surface area (Å²) in [5, 5.41) is 14.7. The highest BCUT2D eigenvalue weighted by atomic mass is 15.3. The van der Waals surface area contributed by atoms with Crippen molar-refractivity contribution in [2.75, 3.05) is 28.6 Å². The maximum atomic E-state index is 4.53. The zero-order chi connectivity index (χ0) is 19.3. The Labute approximate surface area is 166 Å². The van der Waals surface area contributed by atoms with Crippen LogP contribution in [0.25, 0.3) is 0 Å². The maximum Gasteiger partial charge on any atom is 0.249 e. The smallest absolute Gasteiger partial charge is 0.249 e. The van der Waals surface area contributed by atoms with Gasteiger partial charge in [-0.2, -0.15) is 10.1 Å². The number of benzene rings is 2. The molecule has 0 bridgehead atoms. The van der Waals surface area contributed by atoms with Gasteiger partial charge < -0.3 is 15.5 Å². The summed E-state index contributed by atoms with van der Waals surface area (Å²) in [6.07, 6.45) is 5.53. The summed E-state index contributed by atoms with van der Waals surface area (Å²) < 4.78 is 0. The Morgan fingerprint density at radius 3 is 2.25 bits per heavy atom. The number of hydrogen-bond donors (Lipinski definition) is 2. The first kappa shape index (κ1) is 18.2. The molecule has 3 aromatic rings. The van der Waals surface area contributed by atoms with Crippen LogP contribution in [0.2, 0.25) is 0 Å². The second-order valence-electron chi connectivity index (χ2n) is 7.39. The van der Waals surface area contributed by atoms with E-state index in [-0.39, 0.29) is 0 Å². The van der Waals surface area contributed by atoms with E-state index in [0.29, 0.717) is 11.8 Å². The third-order valence-corrected chi connectivity index (χ3v) is 4.90. The number of rotatable bonds is 5. The fraction of sp³-hybridized carbons (Fsp3) is 0.318. The maximum absolute atomic E-state index is 4.53. The minimum atomic E-state index is 0.472. The van der Waals surface area contributed by atoms with Gasteiger partial charge in [-0.3, -0.25) is 0 Å². The molecule has 6 heteroatoms. The van der Waals surface area contributed by atoms with Crippen molar-refractivity contribution in [3.05, 3.63) is 59.8 Å². The Hall–Kier alpha value is -3.15. The Morgan fingerprint density at radius 1 is 0.821 bits per heavy atom. The zero-order valence-corrected chi connectivity index (χ0v) is 16.4. The Balaban J connectivity index is 1.44. The average molecular weight is 374 g/mol. The summed E-state index contributed by atoms with van der Waals surface area (Å²) >= 11 is 0. The van der Waals surface area contributed by atoms with E-state index in [0.717, 1.165) is 24.5 Å². The molecule has 1 aliphatic rings. The number of piperidine rings is 1. The van der Waals surface area contributed by atoms with Crippen LogP contribution in [0.4, 0.5) is 28.8 Å². The van der Waals surface area contributed by atoms with Gasteiger partial charge in [0, 0.05) is 30.2 Å². The lowest BCUT2D eigenvalue weighted by atomic mass is 10.1. The van der Waals surface area contributed by atoms with Crippen LogP contribution in [-0.2, 0) is 0 Å². The Kier molecular flexibility index (Phi) is 5.37. The molecule has 4 rings (SSSR count). The molecule has 1 saturated heterocycles. The van der Waals surface area contributed by atoms with Crippen molar-refractivity contribution in [3.8, 4) is 0 Å². The topological polar surface area (TPSA) is 66.0 Å². The van der Waals surface area contributed by atoms with Gasteiger partial charge in [-0.1, -0.05) is 6.07 Å². The number of nitrogens with zero attached hydrogens (tertiary/aromatic N) is 4. The van der Waals surface area contributed by atoms with Crippen molar-refractivity contribution in [2.45, 2.75) is 33.1 Å². The molecule has 1 fully saturated rings.